The van der Waals surface area contributed by atoms with Crippen LogP contribution in [0.5, 0.6) is 0 Å². The normalized spacial score (nSPS) is 13.7. The molecule has 0 saturated heterocycles. The van der Waals surface area contributed by atoms with Crippen molar-refractivity contribution in [1.82, 2.24) is 4.13 Å². The van der Waals surface area contributed by atoms with E-state index in [0.29, 0.717) is 42.0 Å². The van der Waals surface area contributed by atoms with Crippen LogP contribution in [-0.4, -0.2) is 65.4 Å². The number of halogens is 3. The summed E-state index contributed by atoms with van der Waals surface area (Å²) in [5.74, 6) is 0. The molecule has 0 bridgehead atoms. The zero-order valence-corrected chi connectivity index (χ0v) is 28.7. The fourth-order valence-electron chi connectivity index (χ4n) is 5.71. The van der Waals surface area contributed by atoms with Gasteiger partial charge < -0.3 is 10.2 Å². The third kappa shape index (κ3) is 7.47. The lowest BCUT2D eigenvalue weighted by atomic mass is 9.87. The Labute approximate surface area is 275 Å². The lowest BCUT2D eigenvalue weighted by molar-refractivity contribution is -0.519. The van der Waals surface area contributed by atoms with Crippen molar-refractivity contribution in [2.45, 2.75) is 45.0 Å². The summed E-state index contributed by atoms with van der Waals surface area (Å²) in [6, 6.07) is 15.7. The third-order valence-electron chi connectivity index (χ3n) is 8.02. The van der Waals surface area contributed by atoms with Crippen LogP contribution in [0.25, 0.3) is 16.3 Å². The molecule has 1 aliphatic rings. The van der Waals surface area contributed by atoms with Gasteiger partial charge in [0.2, 0.25) is 0 Å². The molecule has 13 heteroatoms. The monoisotopic (exact) mass is 689 g/mol. The van der Waals surface area contributed by atoms with E-state index in [0.717, 1.165) is 39.4 Å². The first-order valence-corrected chi connectivity index (χ1v) is 18.4. The second-order valence-corrected chi connectivity index (χ2v) is 14.3. The van der Waals surface area contributed by atoms with Gasteiger partial charge in [-0.15, -0.1) is 0 Å². The van der Waals surface area contributed by atoms with E-state index < -0.39 is 30.5 Å². The largest absolute Gasteiger partial charge is 0.512 e. The number of allylic oxidation sites excluding steroid dienone is 5. The Kier molecular flexibility index (Phi) is 11.0. The number of hydrogen-bond donors (Lipinski definition) is 2. The van der Waals surface area contributed by atoms with E-state index in [1.54, 1.807) is 6.07 Å². The van der Waals surface area contributed by atoms with Gasteiger partial charge in [-0.1, -0.05) is 40.5 Å². The summed E-state index contributed by atoms with van der Waals surface area (Å²) in [7, 11) is -11.6. The van der Waals surface area contributed by atoms with E-state index in [4.69, 9.17) is 0 Å². The Hall–Kier alpha value is -3.94. The van der Waals surface area contributed by atoms with Gasteiger partial charge in [0.1, 0.15) is 13.1 Å². The minimum Gasteiger partial charge on any atom is -0.385 e. The molecule has 0 spiro atoms. The summed E-state index contributed by atoms with van der Waals surface area (Å²) in [6.45, 7) is 12.9. The number of nitrogens with zero attached hydrogens (tertiary/aromatic N) is 2. The molecule has 3 aromatic rings. The highest BCUT2D eigenvalue weighted by Gasteiger charge is 2.49. The summed E-state index contributed by atoms with van der Waals surface area (Å²) in [5, 5.41) is 4.96. The van der Waals surface area contributed by atoms with Crippen molar-refractivity contribution in [1.29, 1.82) is 0 Å². The first kappa shape index (κ1) is 35.9. The van der Waals surface area contributed by atoms with Crippen LogP contribution in [0, 0.1) is 0 Å². The van der Waals surface area contributed by atoms with Gasteiger partial charge in [-0.3, -0.25) is 0 Å². The molecular weight excluding hydrogens is 650 g/mol. The van der Waals surface area contributed by atoms with Gasteiger partial charge in [0.15, 0.2) is 5.71 Å². The first-order valence-electron chi connectivity index (χ1n) is 15.4. The van der Waals surface area contributed by atoms with Gasteiger partial charge in [-0.05, 0) is 87.1 Å². The molecule has 0 radical (unpaired) electrons. The molecule has 0 amide bonds. The van der Waals surface area contributed by atoms with Gasteiger partial charge >= 0.3 is 15.5 Å². The maximum absolute atomic E-state index is 13.8. The predicted octanol–water partition coefficient (Wildman–Crippen LogP) is 6.67. The summed E-state index contributed by atoms with van der Waals surface area (Å²) < 4.78 is 95.6. The van der Waals surface area contributed by atoms with E-state index in [-0.39, 0.29) is 5.56 Å². The van der Waals surface area contributed by atoms with Crippen LogP contribution in [0.1, 0.15) is 45.7 Å². The second kappa shape index (κ2) is 14.4. The molecule has 2 N–H and O–H groups in total. The average molecular weight is 690 g/mol. The number of benzene rings is 3. The minimum atomic E-state index is -6.26. The number of sulfonamides is 2. The molecule has 252 valence electrons. The Morgan fingerprint density at radius 1 is 0.787 bits per heavy atom. The molecule has 1 aliphatic carbocycles. The van der Waals surface area contributed by atoms with Crippen LogP contribution < -0.4 is 14.3 Å². The molecule has 0 saturated carbocycles. The first-order chi connectivity index (χ1) is 22.2. The Balaban J connectivity index is 2.14. The van der Waals surface area contributed by atoms with Crippen molar-refractivity contribution >= 4 is 53.5 Å². The molecule has 0 fully saturated rings. The Morgan fingerprint density at radius 2 is 1.38 bits per heavy atom. The fraction of sp³-hybridized carbons (Fsp3) is 0.324. The van der Waals surface area contributed by atoms with E-state index >= 15 is 0 Å². The van der Waals surface area contributed by atoms with Crippen LogP contribution in [0.15, 0.2) is 89.4 Å². The average Bonchev–Trinajstić information content (AvgIpc) is 3.03. The molecule has 4 rings (SSSR count). The molecule has 0 aliphatic heterocycles. The van der Waals surface area contributed by atoms with E-state index in [1.165, 1.54) is 12.1 Å². The van der Waals surface area contributed by atoms with Gasteiger partial charge in [-0.25, -0.2) is 21.4 Å². The maximum atomic E-state index is 13.8. The van der Waals surface area contributed by atoms with E-state index in [9.17, 15) is 30.0 Å². The number of alkyl halides is 3. The van der Waals surface area contributed by atoms with Gasteiger partial charge in [-0.2, -0.15) is 13.2 Å². The number of nitrogens with one attached hydrogen (secondary N) is 2. The number of hydrogen-bond acceptors (Lipinski definition) is 6. The van der Waals surface area contributed by atoms with Crippen molar-refractivity contribution in [3.63, 3.8) is 0 Å². The molecule has 0 aromatic heterocycles. The lowest BCUT2D eigenvalue weighted by Gasteiger charge is -2.25. The second-order valence-electron chi connectivity index (χ2n) is 10.7. The summed E-state index contributed by atoms with van der Waals surface area (Å²) >= 11 is 0. The zero-order valence-electron chi connectivity index (χ0n) is 27.0. The van der Waals surface area contributed by atoms with Crippen molar-refractivity contribution < 1.29 is 34.6 Å². The summed E-state index contributed by atoms with van der Waals surface area (Å²) in [6.07, 6.45) is 7.49. The maximum Gasteiger partial charge on any atom is 0.512 e. The lowest BCUT2D eigenvalue weighted by Crippen LogP contribution is -2.40. The van der Waals surface area contributed by atoms with Crippen LogP contribution in [-0.2, 0) is 20.0 Å². The van der Waals surface area contributed by atoms with Crippen molar-refractivity contribution in [2.24, 2.45) is 0 Å². The minimum absolute atomic E-state index is 0.0442. The molecule has 47 heavy (non-hydrogen) atoms. The SMILES string of the molecule is CCNc1ccc(C(=C2C=CC(=[N+](CC)CC)C=C2)c2ccc(N(CC)CC)cc2S(=O)(=O)NS(=O)(=O)C(F)(F)F)c2ccccc12. The highest BCUT2D eigenvalue weighted by Crippen LogP contribution is 2.40. The van der Waals surface area contributed by atoms with Crippen molar-refractivity contribution in [2.75, 3.05) is 42.9 Å². The van der Waals surface area contributed by atoms with Crippen LogP contribution in [0.2, 0.25) is 0 Å². The number of fused-ring (bicyclic) bond motifs is 1. The quantitative estimate of drug-likeness (QED) is 0.206. The number of anilines is 2. The van der Waals surface area contributed by atoms with Crippen molar-refractivity contribution in [3.05, 3.63) is 95.6 Å². The van der Waals surface area contributed by atoms with Crippen LogP contribution in [0.4, 0.5) is 24.5 Å². The Morgan fingerprint density at radius 3 is 1.94 bits per heavy atom. The highest BCUT2D eigenvalue weighted by atomic mass is 32.3. The molecule has 0 heterocycles. The van der Waals surface area contributed by atoms with Crippen LogP contribution >= 0.6 is 0 Å². The summed E-state index contributed by atoms with van der Waals surface area (Å²) in [4.78, 5) is 1.22. The zero-order chi connectivity index (χ0) is 34.6. The molecule has 8 nitrogen and oxygen atoms in total. The van der Waals surface area contributed by atoms with Gasteiger partial charge in [0.05, 0.1) is 4.90 Å². The standard InChI is InChI=1S/C34H39F3N4O4S2/c1-6-38-31-22-21-29(27-13-11-12-14-28(27)31)33(24-15-17-25(18-16-24)40(7-2)8-3)30-20-19-26(41(9-4)10-5)23-32(30)46(42,43)39-47(44,45)34(35,36)37/h11-23,39H,6-10H2,1-5H3/p+1. The summed E-state index contributed by atoms with van der Waals surface area (Å²) in [5.41, 5.74) is -1.99. The fourth-order valence-corrected chi connectivity index (χ4v) is 8.34. The number of rotatable bonds is 12. The predicted molar refractivity (Wildman–Crippen MR) is 184 cm³/mol. The Bertz CT molecular complexity index is 1970. The molecule has 0 atom stereocenters. The molecule has 3 aromatic carbocycles. The highest BCUT2D eigenvalue weighted by molar-refractivity contribution is 8.05. The van der Waals surface area contributed by atoms with Crippen LogP contribution in [0.3, 0.4) is 0 Å². The van der Waals surface area contributed by atoms with Gasteiger partial charge in [0.25, 0.3) is 10.0 Å². The van der Waals surface area contributed by atoms with E-state index in [1.807, 2.05) is 100 Å². The van der Waals surface area contributed by atoms with E-state index in [2.05, 4.69) is 9.89 Å². The smallest absolute Gasteiger partial charge is 0.385 e. The topological polar surface area (TPSA) is 98.6 Å². The molecular formula is C34H40F3N4O4S2+. The molecule has 0 unspecified atom stereocenters. The van der Waals surface area contributed by atoms with Crippen molar-refractivity contribution in [3.8, 4) is 0 Å². The van der Waals surface area contributed by atoms with Gasteiger partial charge in [0, 0.05) is 54.1 Å². The third-order valence-corrected chi connectivity index (χ3v) is 11.3.